The molecule has 0 heterocycles. The summed E-state index contributed by atoms with van der Waals surface area (Å²) in [5.74, 6) is -0.673. The van der Waals surface area contributed by atoms with Crippen LogP contribution in [0.4, 0.5) is 5.69 Å². The Morgan fingerprint density at radius 3 is 2.61 bits per heavy atom. The maximum atomic E-state index is 11.7. The Balaban J connectivity index is 2.03. The van der Waals surface area contributed by atoms with Crippen LogP contribution in [-0.2, 0) is 4.79 Å². The number of carboxylic acid groups (broad SMARTS) is 1. The largest absolute Gasteiger partial charge is 0.478 e. The third kappa shape index (κ3) is 3.23. The van der Waals surface area contributed by atoms with Crippen molar-refractivity contribution in [2.45, 2.75) is 25.7 Å². The highest BCUT2D eigenvalue weighted by molar-refractivity contribution is 6.31. The van der Waals surface area contributed by atoms with E-state index in [9.17, 15) is 9.59 Å². The lowest BCUT2D eigenvalue weighted by molar-refractivity contribution is -0.117. The molecule has 18 heavy (non-hydrogen) atoms. The van der Waals surface area contributed by atoms with Gasteiger partial charge >= 0.3 is 5.97 Å². The minimum absolute atomic E-state index is 0.0708. The minimum atomic E-state index is -1.06. The van der Waals surface area contributed by atoms with Crippen molar-refractivity contribution in [1.82, 2.24) is 0 Å². The third-order valence-corrected chi connectivity index (χ3v) is 3.35. The Kier molecular flexibility index (Phi) is 3.87. The van der Waals surface area contributed by atoms with Crippen LogP contribution in [0.15, 0.2) is 18.2 Å². The lowest BCUT2D eigenvalue weighted by Crippen LogP contribution is -2.21. The molecule has 2 rings (SSSR count). The fourth-order valence-corrected chi connectivity index (χ4v) is 2.19. The van der Waals surface area contributed by atoms with Crippen LogP contribution in [-0.4, -0.2) is 17.0 Å². The number of carbonyl (C=O) groups is 2. The molecule has 1 aliphatic carbocycles. The normalized spacial score (nSPS) is 14.9. The summed E-state index contributed by atoms with van der Waals surface area (Å²) in [6.45, 7) is 0. The lowest BCUT2D eigenvalue weighted by atomic mass is 9.83. The van der Waals surface area contributed by atoms with Crippen molar-refractivity contribution in [3.8, 4) is 0 Å². The number of amides is 1. The van der Waals surface area contributed by atoms with Gasteiger partial charge in [-0.2, -0.15) is 0 Å². The van der Waals surface area contributed by atoms with Gasteiger partial charge in [0.15, 0.2) is 0 Å². The topological polar surface area (TPSA) is 66.4 Å². The van der Waals surface area contributed by atoms with E-state index < -0.39 is 5.97 Å². The van der Waals surface area contributed by atoms with Crippen LogP contribution in [0.25, 0.3) is 0 Å². The second kappa shape index (κ2) is 5.40. The smallest absolute Gasteiger partial charge is 0.335 e. The average molecular weight is 268 g/mol. The Morgan fingerprint density at radius 1 is 1.33 bits per heavy atom. The monoisotopic (exact) mass is 267 g/mol. The van der Waals surface area contributed by atoms with E-state index in [0.717, 1.165) is 12.8 Å². The van der Waals surface area contributed by atoms with Crippen molar-refractivity contribution < 1.29 is 14.7 Å². The third-order valence-electron chi connectivity index (χ3n) is 3.13. The van der Waals surface area contributed by atoms with Crippen LogP contribution in [0.3, 0.4) is 0 Å². The quantitative estimate of drug-likeness (QED) is 0.880. The summed E-state index contributed by atoms with van der Waals surface area (Å²) >= 11 is 5.81. The van der Waals surface area contributed by atoms with Gasteiger partial charge in [0.1, 0.15) is 0 Å². The Hall–Kier alpha value is -1.55. The minimum Gasteiger partial charge on any atom is -0.478 e. The maximum absolute atomic E-state index is 11.7. The predicted molar refractivity (Wildman–Crippen MR) is 69.0 cm³/mol. The SMILES string of the molecule is O=C(CC1CCC1)Nc1cc(Cl)cc(C(=O)O)c1. The number of aromatic carboxylic acids is 1. The first-order chi connectivity index (χ1) is 8.54. The average Bonchev–Trinajstić information content (AvgIpc) is 2.22. The van der Waals surface area contributed by atoms with E-state index in [4.69, 9.17) is 16.7 Å². The molecule has 0 aromatic heterocycles. The van der Waals surface area contributed by atoms with Crippen LogP contribution in [0, 0.1) is 5.92 Å². The van der Waals surface area contributed by atoms with Crippen LogP contribution in [0.5, 0.6) is 0 Å². The van der Waals surface area contributed by atoms with Gasteiger partial charge in [0, 0.05) is 17.1 Å². The Labute approximate surface area is 110 Å². The zero-order valence-corrected chi connectivity index (χ0v) is 10.5. The number of nitrogens with one attached hydrogen (secondary N) is 1. The number of carboxylic acids is 1. The van der Waals surface area contributed by atoms with Gasteiger partial charge in [-0.1, -0.05) is 18.0 Å². The molecule has 0 aliphatic heterocycles. The van der Waals surface area contributed by atoms with Gasteiger partial charge in [0.05, 0.1) is 5.56 Å². The molecule has 1 aromatic rings. The molecule has 1 fully saturated rings. The van der Waals surface area contributed by atoms with Crippen LogP contribution >= 0.6 is 11.6 Å². The van der Waals surface area contributed by atoms with Crippen LogP contribution in [0.2, 0.25) is 5.02 Å². The molecule has 0 unspecified atom stereocenters. The summed E-state index contributed by atoms with van der Waals surface area (Å²) in [5, 5.41) is 11.9. The van der Waals surface area contributed by atoms with E-state index in [1.807, 2.05) is 0 Å². The number of carbonyl (C=O) groups excluding carboxylic acids is 1. The van der Waals surface area contributed by atoms with Gasteiger partial charge < -0.3 is 10.4 Å². The summed E-state index contributed by atoms with van der Waals surface area (Å²) in [6.07, 6.45) is 3.89. The lowest BCUT2D eigenvalue weighted by Gasteiger charge is -2.24. The van der Waals surface area contributed by atoms with E-state index in [0.29, 0.717) is 23.0 Å². The molecular weight excluding hydrogens is 254 g/mol. The van der Waals surface area contributed by atoms with Gasteiger partial charge in [-0.05, 0) is 37.0 Å². The van der Waals surface area contributed by atoms with Crippen molar-refractivity contribution in [2.75, 3.05) is 5.32 Å². The summed E-state index contributed by atoms with van der Waals surface area (Å²) in [7, 11) is 0. The molecule has 4 nitrogen and oxygen atoms in total. The first-order valence-electron chi connectivity index (χ1n) is 5.88. The highest BCUT2D eigenvalue weighted by Gasteiger charge is 2.20. The second-order valence-electron chi connectivity index (χ2n) is 4.58. The highest BCUT2D eigenvalue weighted by atomic mass is 35.5. The van der Waals surface area contributed by atoms with Crippen molar-refractivity contribution in [3.63, 3.8) is 0 Å². The van der Waals surface area contributed by atoms with Crippen molar-refractivity contribution in [3.05, 3.63) is 28.8 Å². The summed E-state index contributed by atoms with van der Waals surface area (Å²) in [5.41, 5.74) is 0.505. The number of anilines is 1. The standard InChI is InChI=1S/C13H14ClNO3/c14-10-5-9(13(17)18)6-11(7-10)15-12(16)4-8-2-1-3-8/h5-8H,1-4H2,(H,15,16)(H,17,18). The van der Waals surface area contributed by atoms with Crippen LogP contribution < -0.4 is 5.32 Å². The van der Waals surface area contributed by atoms with Gasteiger partial charge in [-0.25, -0.2) is 4.79 Å². The molecule has 1 aromatic carbocycles. The first kappa shape index (κ1) is 12.9. The molecule has 1 aliphatic rings. The number of benzene rings is 1. The Morgan fingerprint density at radius 2 is 2.06 bits per heavy atom. The Bertz CT molecular complexity index is 483. The molecule has 0 radical (unpaired) electrons. The van der Waals surface area contributed by atoms with E-state index in [-0.39, 0.29) is 11.5 Å². The second-order valence-corrected chi connectivity index (χ2v) is 5.02. The molecule has 0 saturated heterocycles. The van der Waals surface area contributed by atoms with Gasteiger partial charge in [0.25, 0.3) is 0 Å². The maximum Gasteiger partial charge on any atom is 0.335 e. The number of rotatable bonds is 4. The molecule has 2 N–H and O–H groups in total. The molecule has 96 valence electrons. The van der Waals surface area contributed by atoms with Crippen molar-refractivity contribution in [1.29, 1.82) is 0 Å². The summed E-state index contributed by atoms with van der Waals surface area (Å²) in [4.78, 5) is 22.6. The zero-order valence-electron chi connectivity index (χ0n) is 9.78. The predicted octanol–water partition coefficient (Wildman–Crippen LogP) is 3.17. The van der Waals surface area contributed by atoms with E-state index in [2.05, 4.69) is 5.32 Å². The summed E-state index contributed by atoms with van der Waals surface area (Å²) < 4.78 is 0. The number of hydrogen-bond acceptors (Lipinski definition) is 2. The molecule has 1 saturated carbocycles. The van der Waals surface area contributed by atoms with E-state index in [1.54, 1.807) is 6.07 Å². The fraction of sp³-hybridized carbons (Fsp3) is 0.385. The van der Waals surface area contributed by atoms with Gasteiger partial charge in [-0.15, -0.1) is 0 Å². The number of hydrogen-bond donors (Lipinski definition) is 2. The van der Waals surface area contributed by atoms with Crippen LogP contribution in [0.1, 0.15) is 36.0 Å². The fourth-order valence-electron chi connectivity index (χ4n) is 1.96. The molecule has 5 heteroatoms. The summed E-state index contributed by atoms with van der Waals surface area (Å²) in [6, 6.07) is 4.31. The van der Waals surface area contributed by atoms with E-state index >= 15 is 0 Å². The number of halogens is 1. The van der Waals surface area contributed by atoms with Crippen molar-refractivity contribution >= 4 is 29.2 Å². The van der Waals surface area contributed by atoms with E-state index in [1.165, 1.54) is 18.6 Å². The van der Waals surface area contributed by atoms with Crippen molar-refractivity contribution in [2.24, 2.45) is 5.92 Å². The van der Waals surface area contributed by atoms with Gasteiger partial charge in [-0.3, -0.25) is 4.79 Å². The zero-order chi connectivity index (χ0) is 13.1. The first-order valence-corrected chi connectivity index (χ1v) is 6.26. The molecule has 1 amide bonds. The molecule has 0 spiro atoms. The highest BCUT2D eigenvalue weighted by Crippen LogP contribution is 2.29. The molecule has 0 atom stereocenters. The molecular formula is C13H14ClNO3. The van der Waals surface area contributed by atoms with Gasteiger partial charge in [0.2, 0.25) is 5.91 Å². The molecule has 0 bridgehead atoms.